The molecule has 0 nitrogen and oxygen atoms in total. The fourth-order valence-electron chi connectivity index (χ4n) is 2.12. The third kappa shape index (κ3) is 5.31. The van der Waals surface area contributed by atoms with Gasteiger partial charge in [0.1, 0.15) is 0 Å². The van der Waals surface area contributed by atoms with Crippen molar-refractivity contribution in [2.75, 3.05) is 5.88 Å². The normalized spacial score (nSPS) is 12.6. The van der Waals surface area contributed by atoms with Crippen LogP contribution in [0, 0.1) is 0 Å². The van der Waals surface area contributed by atoms with Crippen LogP contribution >= 0.6 is 23.2 Å². The van der Waals surface area contributed by atoms with Crippen molar-refractivity contribution < 1.29 is 0 Å². The maximum absolute atomic E-state index is 6.20. The van der Waals surface area contributed by atoms with E-state index in [1.54, 1.807) is 0 Å². The monoisotopic (exact) mass is 272 g/mol. The molecule has 0 aromatic heterocycles. The van der Waals surface area contributed by atoms with Gasteiger partial charge in [-0.2, -0.15) is 0 Å². The van der Waals surface area contributed by atoms with Crippen LogP contribution in [0.25, 0.3) is 0 Å². The topological polar surface area (TPSA) is 0 Å². The lowest BCUT2D eigenvalue weighted by atomic mass is 9.94. The predicted octanol–water partition coefficient (Wildman–Crippen LogP) is 6.02. The van der Waals surface area contributed by atoms with E-state index in [1.165, 1.54) is 37.7 Å². The summed E-state index contributed by atoms with van der Waals surface area (Å²) < 4.78 is 0. The van der Waals surface area contributed by atoms with E-state index in [-0.39, 0.29) is 0 Å². The zero-order valence-corrected chi connectivity index (χ0v) is 12.1. The second-order valence-corrected chi connectivity index (χ2v) is 5.29. The second kappa shape index (κ2) is 8.83. The van der Waals surface area contributed by atoms with Gasteiger partial charge in [0.2, 0.25) is 0 Å². The van der Waals surface area contributed by atoms with Gasteiger partial charge in [-0.1, -0.05) is 68.8 Å². The molecule has 1 aromatic rings. The second-order valence-electron chi connectivity index (χ2n) is 4.58. The molecule has 0 amide bonds. The third-order valence-electron chi connectivity index (χ3n) is 3.19. The highest BCUT2D eigenvalue weighted by Crippen LogP contribution is 2.29. The molecule has 0 fully saturated rings. The molecule has 1 rings (SSSR count). The molecule has 1 atom stereocenters. The Morgan fingerprint density at radius 1 is 1.06 bits per heavy atom. The van der Waals surface area contributed by atoms with Crippen LogP contribution < -0.4 is 0 Å². The van der Waals surface area contributed by atoms with E-state index in [1.807, 2.05) is 18.2 Å². The molecule has 0 bridgehead atoms. The number of hydrogen-bond acceptors (Lipinski definition) is 0. The molecule has 17 heavy (non-hydrogen) atoms. The van der Waals surface area contributed by atoms with Crippen molar-refractivity contribution in [3.05, 3.63) is 34.9 Å². The summed E-state index contributed by atoms with van der Waals surface area (Å²) in [6.45, 7) is 2.24. The molecule has 0 N–H and O–H groups in total. The van der Waals surface area contributed by atoms with Crippen LogP contribution in [0.2, 0.25) is 5.02 Å². The van der Waals surface area contributed by atoms with Gasteiger partial charge >= 0.3 is 0 Å². The Hall–Kier alpha value is -0.200. The first-order valence-electron chi connectivity index (χ1n) is 6.60. The quantitative estimate of drug-likeness (QED) is 0.401. The minimum absolute atomic E-state index is 0.409. The molecule has 2 heteroatoms. The molecule has 1 aromatic carbocycles. The Morgan fingerprint density at radius 3 is 2.41 bits per heavy atom. The van der Waals surface area contributed by atoms with Gasteiger partial charge < -0.3 is 0 Å². The zero-order chi connectivity index (χ0) is 12.5. The minimum Gasteiger partial charge on any atom is -0.126 e. The van der Waals surface area contributed by atoms with Gasteiger partial charge in [-0.25, -0.2) is 0 Å². The summed E-state index contributed by atoms with van der Waals surface area (Å²) in [7, 11) is 0. The number of unbranched alkanes of at least 4 members (excludes halogenated alkanes) is 4. The van der Waals surface area contributed by atoms with Gasteiger partial charge in [-0.15, -0.1) is 11.6 Å². The molecule has 0 saturated carbocycles. The Morgan fingerprint density at radius 2 is 1.76 bits per heavy atom. The van der Waals surface area contributed by atoms with Gasteiger partial charge in [0.25, 0.3) is 0 Å². The Bertz CT molecular complexity index is 310. The summed E-state index contributed by atoms with van der Waals surface area (Å²) >= 11 is 12.3. The van der Waals surface area contributed by atoms with Gasteiger partial charge in [0.05, 0.1) is 0 Å². The van der Waals surface area contributed by atoms with Crippen LogP contribution in [-0.4, -0.2) is 5.88 Å². The lowest BCUT2D eigenvalue weighted by Gasteiger charge is -2.15. The van der Waals surface area contributed by atoms with Gasteiger partial charge in [0.15, 0.2) is 0 Å². The molecule has 96 valence electrons. The first-order chi connectivity index (χ1) is 8.29. The fourth-order valence-corrected chi connectivity index (χ4v) is 2.73. The third-order valence-corrected chi connectivity index (χ3v) is 3.90. The Kier molecular flexibility index (Phi) is 7.72. The van der Waals surface area contributed by atoms with Crippen molar-refractivity contribution in [2.45, 2.75) is 51.4 Å². The molecule has 0 saturated heterocycles. The lowest BCUT2D eigenvalue weighted by Crippen LogP contribution is -2.01. The van der Waals surface area contributed by atoms with Crippen molar-refractivity contribution in [3.63, 3.8) is 0 Å². The first kappa shape index (κ1) is 14.9. The highest BCUT2D eigenvalue weighted by molar-refractivity contribution is 6.31. The molecule has 0 heterocycles. The van der Waals surface area contributed by atoms with Crippen LogP contribution in [0.15, 0.2) is 24.3 Å². The minimum atomic E-state index is 0.409. The number of benzene rings is 1. The van der Waals surface area contributed by atoms with Gasteiger partial charge in [-0.05, 0) is 24.0 Å². The highest BCUT2D eigenvalue weighted by Gasteiger charge is 2.12. The summed E-state index contributed by atoms with van der Waals surface area (Å²) in [6, 6.07) is 8.06. The van der Waals surface area contributed by atoms with Crippen molar-refractivity contribution >= 4 is 23.2 Å². The number of hydrogen-bond donors (Lipinski definition) is 0. The van der Waals surface area contributed by atoms with Crippen LogP contribution in [0.3, 0.4) is 0 Å². The van der Waals surface area contributed by atoms with E-state index in [0.717, 1.165) is 11.4 Å². The fraction of sp³-hybridized carbons (Fsp3) is 0.600. The van der Waals surface area contributed by atoms with E-state index in [4.69, 9.17) is 23.2 Å². The highest BCUT2D eigenvalue weighted by atomic mass is 35.5. The molecule has 0 aliphatic rings. The SMILES string of the molecule is CCCCCCCC(CCl)c1ccccc1Cl. The first-order valence-corrected chi connectivity index (χ1v) is 7.51. The van der Waals surface area contributed by atoms with Crippen molar-refractivity contribution in [3.8, 4) is 0 Å². The summed E-state index contributed by atoms with van der Waals surface area (Å²) in [5.41, 5.74) is 1.21. The molecular formula is C15H22Cl2. The Labute approximate surface area is 115 Å². The summed E-state index contributed by atoms with van der Waals surface area (Å²) in [6.07, 6.45) is 7.69. The maximum Gasteiger partial charge on any atom is 0.0441 e. The summed E-state index contributed by atoms with van der Waals surface area (Å²) in [5, 5.41) is 0.853. The standard InChI is InChI=1S/C15H22Cl2/c1-2-3-4-5-6-9-13(12-16)14-10-7-8-11-15(14)17/h7-8,10-11,13H,2-6,9,12H2,1H3. The average molecular weight is 273 g/mol. The maximum atomic E-state index is 6.20. The van der Waals surface area contributed by atoms with Crippen molar-refractivity contribution in [1.29, 1.82) is 0 Å². The van der Waals surface area contributed by atoms with Gasteiger partial charge in [0, 0.05) is 10.9 Å². The molecule has 0 aliphatic carbocycles. The van der Waals surface area contributed by atoms with E-state index in [2.05, 4.69) is 13.0 Å². The predicted molar refractivity (Wildman–Crippen MR) is 78.3 cm³/mol. The summed E-state index contributed by atoms with van der Waals surface area (Å²) in [5.74, 6) is 1.07. The van der Waals surface area contributed by atoms with Crippen LogP contribution in [0.4, 0.5) is 0 Å². The number of halogens is 2. The van der Waals surface area contributed by atoms with Crippen LogP contribution in [0.1, 0.15) is 56.9 Å². The van der Waals surface area contributed by atoms with Crippen molar-refractivity contribution in [1.82, 2.24) is 0 Å². The smallest absolute Gasteiger partial charge is 0.0441 e. The lowest BCUT2D eigenvalue weighted by molar-refractivity contribution is 0.569. The molecule has 1 unspecified atom stereocenters. The van der Waals surface area contributed by atoms with E-state index >= 15 is 0 Å². The molecule has 0 radical (unpaired) electrons. The summed E-state index contributed by atoms with van der Waals surface area (Å²) in [4.78, 5) is 0. The van der Waals surface area contributed by atoms with E-state index in [9.17, 15) is 0 Å². The Balaban J connectivity index is 2.41. The average Bonchev–Trinajstić information content (AvgIpc) is 2.35. The van der Waals surface area contributed by atoms with Gasteiger partial charge in [-0.3, -0.25) is 0 Å². The molecular weight excluding hydrogens is 251 g/mol. The zero-order valence-electron chi connectivity index (χ0n) is 10.6. The number of rotatable bonds is 8. The van der Waals surface area contributed by atoms with E-state index < -0.39 is 0 Å². The largest absolute Gasteiger partial charge is 0.126 e. The van der Waals surface area contributed by atoms with E-state index in [0.29, 0.717) is 11.8 Å². The van der Waals surface area contributed by atoms with Crippen molar-refractivity contribution in [2.24, 2.45) is 0 Å². The molecule has 0 spiro atoms. The molecule has 0 aliphatic heterocycles. The number of alkyl halides is 1. The van der Waals surface area contributed by atoms with Crippen LogP contribution in [0.5, 0.6) is 0 Å². The van der Waals surface area contributed by atoms with Crippen LogP contribution in [-0.2, 0) is 0 Å².